The molecular formula is C14H21N3O. The highest BCUT2D eigenvalue weighted by Gasteiger charge is 2.27. The fourth-order valence-electron chi connectivity index (χ4n) is 2.24. The third kappa shape index (κ3) is 3.01. The lowest BCUT2D eigenvalue weighted by Crippen LogP contribution is -2.58. The SMILES string of the molecule is CC1NCCN(C(=O)CNc2ccccc2)C1C. The second-order valence-electron chi connectivity index (χ2n) is 4.79. The maximum absolute atomic E-state index is 12.2. The second-order valence-corrected chi connectivity index (χ2v) is 4.79. The predicted molar refractivity (Wildman–Crippen MR) is 73.6 cm³/mol. The lowest BCUT2D eigenvalue weighted by atomic mass is 10.1. The number of carbonyl (C=O) groups excluding carboxylic acids is 1. The van der Waals surface area contributed by atoms with E-state index >= 15 is 0 Å². The zero-order valence-corrected chi connectivity index (χ0v) is 11.0. The fraction of sp³-hybridized carbons (Fsp3) is 0.500. The van der Waals surface area contributed by atoms with Crippen LogP contribution in [0.15, 0.2) is 30.3 Å². The van der Waals surface area contributed by atoms with E-state index in [1.165, 1.54) is 0 Å². The van der Waals surface area contributed by atoms with E-state index in [1.54, 1.807) is 0 Å². The van der Waals surface area contributed by atoms with Crippen LogP contribution in [0.25, 0.3) is 0 Å². The number of hydrogen-bond donors (Lipinski definition) is 2. The van der Waals surface area contributed by atoms with Gasteiger partial charge in [-0.25, -0.2) is 0 Å². The summed E-state index contributed by atoms with van der Waals surface area (Å²) in [5.74, 6) is 0.166. The topological polar surface area (TPSA) is 44.4 Å². The molecule has 2 N–H and O–H groups in total. The lowest BCUT2D eigenvalue weighted by Gasteiger charge is -2.38. The number of hydrogen-bond acceptors (Lipinski definition) is 3. The quantitative estimate of drug-likeness (QED) is 0.846. The third-order valence-corrected chi connectivity index (χ3v) is 3.57. The Morgan fingerprint density at radius 2 is 2.11 bits per heavy atom. The molecule has 1 heterocycles. The van der Waals surface area contributed by atoms with E-state index in [2.05, 4.69) is 24.5 Å². The maximum Gasteiger partial charge on any atom is 0.242 e. The van der Waals surface area contributed by atoms with Crippen molar-refractivity contribution < 1.29 is 4.79 Å². The molecule has 0 aliphatic carbocycles. The Bertz CT molecular complexity index is 393. The van der Waals surface area contributed by atoms with E-state index in [9.17, 15) is 4.79 Å². The molecular weight excluding hydrogens is 226 g/mol. The smallest absolute Gasteiger partial charge is 0.242 e. The number of carbonyl (C=O) groups is 1. The molecule has 4 heteroatoms. The van der Waals surface area contributed by atoms with Gasteiger partial charge in [-0.1, -0.05) is 18.2 Å². The lowest BCUT2D eigenvalue weighted by molar-refractivity contribution is -0.132. The first-order valence-corrected chi connectivity index (χ1v) is 6.50. The summed E-state index contributed by atoms with van der Waals surface area (Å²) in [6.07, 6.45) is 0. The number of rotatable bonds is 3. The molecule has 1 aliphatic heterocycles. The highest BCUT2D eigenvalue weighted by Crippen LogP contribution is 2.10. The van der Waals surface area contributed by atoms with Gasteiger partial charge in [-0.15, -0.1) is 0 Å². The summed E-state index contributed by atoms with van der Waals surface area (Å²) in [4.78, 5) is 14.1. The van der Waals surface area contributed by atoms with Crippen molar-refractivity contribution in [3.8, 4) is 0 Å². The number of piperazine rings is 1. The van der Waals surface area contributed by atoms with Crippen LogP contribution in [0.4, 0.5) is 5.69 Å². The summed E-state index contributed by atoms with van der Waals surface area (Å²) in [6.45, 7) is 6.25. The molecule has 2 unspecified atom stereocenters. The van der Waals surface area contributed by atoms with Crippen LogP contribution in [0.5, 0.6) is 0 Å². The van der Waals surface area contributed by atoms with Gasteiger partial charge in [0.05, 0.1) is 6.54 Å². The average molecular weight is 247 g/mol. The van der Waals surface area contributed by atoms with Crippen LogP contribution < -0.4 is 10.6 Å². The van der Waals surface area contributed by atoms with E-state index < -0.39 is 0 Å². The number of anilines is 1. The van der Waals surface area contributed by atoms with Crippen LogP contribution in [0.3, 0.4) is 0 Å². The van der Waals surface area contributed by atoms with Gasteiger partial charge < -0.3 is 15.5 Å². The Balaban J connectivity index is 1.88. The van der Waals surface area contributed by atoms with Crippen LogP contribution in [-0.2, 0) is 4.79 Å². The molecule has 98 valence electrons. The van der Waals surface area contributed by atoms with E-state index in [-0.39, 0.29) is 11.9 Å². The summed E-state index contributed by atoms with van der Waals surface area (Å²) >= 11 is 0. The Kier molecular flexibility index (Phi) is 4.20. The number of amides is 1. The van der Waals surface area contributed by atoms with E-state index in [4.69, 9.17) is 0 Å². The van der Waals surface area contributed by atoms with Gasteiger partial charge in [0.2, 0.25) is 5.91 Å². The minimum absolute atomic E-state index is 0.166. The van der Waals surface area contributed by atoms with Gasteiger partial charge in [-0.05, 0) is 26.0 Å². The predicted octanol–water partition coefficient (Wildman–Crippen LogP) is 1.31. The van der Waals surface area contributed by atoms with Crippen molar-refractivity contribution in [2.45, 2.75) is 25.9 Å². The molecule has 0 saturated carbocycles. The maximum atomic E-state index is 12.2. The summed E-state index contributed by atoms with van der Waals surface area (Å²) in [6, 6.07) is 10.4. The van der Waals surface area contributed by atoms with Crippen LogP contribution in [-0.4, -0.2) is 42.5 Å². The van der Waals surface area contributed by atoms with Crippen LogP contribution in [0.1, 0.15) is 13.8 Å². The Hall–Kier alpha value is -1.55. The van der Waals surface area contributed by atoms with E-state index in [0.717, 1.165) is 18.8 Å². The van der Waals surface area contributed by atoms with Crippen molar-refractivity contribution in [1.29, 1.82) is 0 Å². The van der Waals surface area contributed by atoms with Crippen molar-refractivity contribution in [1.82, 2.24) is 10.2 Å². The number of para-hydroxylation sites is 1. The number of benzene rings is 1. The highest BCUT2D eigenvalue weighted by molar-refractivity contribution is 5.81. The van der Waals surface area contributed by atoms with Crippen molar-refractivity contribution in [3.05, 3.63) is 30.3 Å². The second kappa shape index (κ2) is 5.87. The third-order valence-electron chi connectivity index (χ3n) is 3.57. The summed E-state index contributed by atoms with van der Waals surface area (Å²) in [5, 5.41) is 6.54. The molecule has 1 aromatic rings. The molecule has 0 radical (unpaired) electrons. The van der Waals surface area contributed by atoms with Gasteiger partial charge in [0.25, 0.3) is 0 Å². The molecule has 1 amide bonds. The van der Waals surface area contributed by atoms with Gasteiger partial charge in [0.1, 0.15) is 0 Å². The minimum atomic E-state index is 0.166. The number of nitrogens with one attached hydrogen (secondary N) is 2. The van der Waals surface area contributed by atoms with Crippen LogP contribution in [0.2, 0.25) is 0 Å². The molecule has 2 atom stereocenters. The molecule has 0 aromatic heterocycles. The first-order valence-electron chi connectivity index (χ1n) is 6.50. The minimum Gasteiger partial charge on any atom is -0.376 e. The molecule has 1 aromatic carbocycles. The molecule has 1 fully saturated rings. The molecule has 18 heavy (non-hydrogen) atoms. The molecule has 0 spiro atoms. The highest BCUT2D eigenvalue weighted by atomic mass is 16.2. The zero-order valence-electron chi connectivity index (χ0n) is 11.0. The molecule has 1 saturated heterocycles. The van der Waals surface area contributed by atoms with Gasteiger partial charge in [-0.3, -0.25) is 4.79 Å². The van der Waals surface area contributed by atoms with Gasteiger partial charge in [0.15, 0.2) is 0 Å². The van der Waals surface area contributed by atoms with Gasteiger partial charge in [0, 0.05) is 30.9 Å². The normalized spacial score (nSPS) is 23.8. The first-order chi connectivity index (χ1) is 8.68. The Labute approximate surface area is 108 Å². The Morgan fingerprint density at radius 1 is 1.39 bits per heavy atom. The standard InChI is InChI=1S/C14H21N3O/c1-11-12(2)17(9-8-15-11)14(18)10-16-13-6-4-3-5-7-13/h3-7,11-12,15-16H,8-10H2,1-2H3. The summed E-state index contributed by atoms with van der Waals surface area (Å²) < 4.78 is 0. The molecule has 1 aliphatic rings. The van der Waals surface area contributed by atoms with Crippen molar-refractivity contribution in [2.24, 2.45) is 0 Å². The van der Waals surface area contributed by atoms with Crippen molar-refractivity contribution in [2.75, 3.05) is 25.0 Å². The molecule has 2 rings (SSSR count). The average Bonchev–Trinajstić information content (AvgIpc) is 2.40. The van der Waals surface area contributed by atoms with Gasteiger partial charge >= 0.3 is 0 Å². The molecule has 4 nitrogen and oxygen atoms in total. The van der Waals surface area contributed by atoms with Crippen LogP contribution in [0, 0.1) is 0 Å². The van der Waals surface area contributed by atoms with Crippen molar-refractivity contribution in [3.63, 3.8) is 0 Å². The van der Waals surface area contributed by atoms with E-state index in [1.807, 2.05) is 35.2 Å². The first kappa shape index (κ1) is 12.9. The van der Waals surface area contributed by atoms with Crippen LogP contribution >= 0.6 is 0 Å². The monoisotopic (exact) mass is 247 g/mol. The van der Waals surface area contributed by atoms with E-state index in [0.29, 0.717) is 12.6 Å². The van der Waals surface area contributed by atoms with Gasteiger partial charge in [-0.2, -0.15) is 0 Å². The fourth-order valence-corrected chi connectivity index (χ4v) is 2.24. The largest absolute Gasteiger partial charge is 0.376 e. The zero-order chi connectivity index (χ0) is 13.0. The molecule has 0 bridgehead atoms. The number of nitrogens with zero attached hydrogens (tertiary/aromatic N) is 1. The summed E-state index contributed by atoms with van der Waals surface area (Å²) in [7, 11) is 0. The Morgan fingerprint density at radius 3 is 2.83 bits per heavy atom. The summed E-state index contributed by atoms with van der Waals surface area (Å²) in [5.41, 5.74) is 0.988. The van der Waals surface area contributed by atoms with Crippen molar-refractivity contribution >= 4 is 11.6 Å².